The molecule has 0 unspecified atom stereocenters. The lowest BCUT2D eigenvalue weighted by Gasteiger charge is -2.40. The van der Waals surface area contributed by atoms with Gasteiger partial charge in [-0.15, -0.1) is 0 Å². The van der Waals surface area contributed by atoms with E-state index in [0.29, 0.717) is 42.7 Å². The molecule has 0 saturated carbocycles. The summed E-state index contributed by atoms with van der Waals surface area (Å²) in [5.41, 5.74) is 7.22. The molecule has 1 atom stereocenters. The van der Waals surface area contributed by atoms with Crippen LogP contribution in [0.4, 0.5) is 10.5 Å². The van der Waals surface area contributed by atoms with Gasteiger partial charge in [0.15, 0.2) is 0 Å². The average molecular weight is 433 g/mol. The van der Waals surface area contributed by atoms with Gasteiger partial charge in [0.2, 0.25) is 0 Å². The van der Waals surface area contributed by atoms with E-state index >= 15 is 0 Å². The van der Waals surface area contributed by atoms with Gasteiger partial charge in [0.05, 0.1) is 11.1 Å². The number of hydrogen-bond acceptors (Lipinski definition) is 5. The highest BCUT2D eigenvalue weighted by Crippen LogP contribution is 2.41. The Morgan fingerprint density at radius 1 is 1.44 bits per heavy atom. The van der Waals surface area contributed by atoms with E-state index in [1.165, 1.54) is 0 Å². The number of nitrogens with zero attached hydrogens (tertiary/aromatic N) is 2. The highest BCUT2D eigenvalue weighted by atomic mass is 79.9. The number of anilines is 1. The van der Waals surface area contributed by atoms with Crippen molar-refractivity contribution < 1.29 is 14.3 Å². The van der Waals surface area contributed by atoms with Crippen LogP contribution in [0, 0.1) is 0 Å². The fraction of sp³-hybridized carbons (Fsp3) is 0.588. The van der Waals surface area contributed by atoms with Gasteiger partial charge in [-0.2, -0.15) is 0 Å². The van der Waals surface area contributed by atoms with Crippen molar-refractivity contribution in [2.24, 2.45) is 0 Å². The monoisotopic (exact) mass is 431 g/mol. The topological polar surface area (TPSA) is 68.0 Å². The number of rotatable bonds is 0. The SMILES string of the molecule is CC(C)(C)OC(=O)N1CCN2Cc3c(N)cc(Br)c(Cl)c3OC[C@H]2C1. The van der Waals surface area contributed by atoms with E-state index in [1.54, 1.807) is 4.90 Å². The summed E-state index contributed by atoms with van der Waals surface area (Å²) in [7, 11) is 0. The Bertz CT molecular complexity index is 693. The van der Waals surface area contributed by atoms with Crippen molar-refractivity contribution in [1.29, 1.82) is 0 Å². The summed E-state index contributed by atoms with van der Waals surface area (Å²) in [6, 6.07) is 1.88. The number of fused-ring (bicyclic) bond motifs is 2. The third-order valence-electron chi connectivity index (χ3n) is 4.35. The van der Waals surface area contributed by atoms with Gasteiger partial charge < -0.3 is 20.1 Å². The fourth-order valence-electron chi connectivity index (χ4n) is 3.11. The van der Waals surface area contributed by atoms with Gasteiger partial charge in [0, 0.05) is 41.9 Å². The number of nitrogens with two attached hydrogens (primary N) is 1. The number of carbonyl (C=O) groups excluding carboxylic acids is 1. The van der Waals surface area contributed by atoms with E-state index in [9.17, 15) is 4.79 Å². The lowest BCUT2D eigenvalue weighted by molar-refractivity contribution is -0.00152. The second-order valence-corrected chi connectivity index (χ2v) is 8.66. The van der Waals surface area contributed by atoms with Crippen molar-refractivity contribution >= 4 is 39.3 Å². The Morgan fingerprint density at radius 2 is 2.16 bits per heavy atom. The molecule has 1 saturated heterocycles. The Labute approximate surface area is 161 Å². The summed E-state index contributed by atoms with van der Waals surface area (Å²) >= 11 is 9.78. The van der Waals surface area contributed by atoms with Crippen LogP contribution in [0.1, 0.15) is 26.3 Å². The normalized spacial score (nSPS) is 21.0. The molecule has 8 heteroatoms. The zero-order valence-corrected chi connectivity index (χ0v) is 17.0. The zero-order valence-electron chi connectivity index (χ0n) is 14.6. The van der Waals surface area contributed by atoms with Gasteiger partial charge in [-0.25, -0.2) is 4.79 Å². The first-order chi connectivity index (χ1) is 11.7. The molecule has 1 amide bonds. The average Bonchev–Trinajstić information content (AvgIpc) is 2.70. The zero-order chi connectivity index (χ0) is 18.4. The summed E-state index contributed by atoms with van der Waals surface area (Å²) < 4.78 is 12.2. The molecule has 2 aliphatic heterocycles. The van der Waals surface area contributed by atoms with E-state index in [0.717, 1.165) is 16.6 Å². The molecule has 2 N–H and O–H groups in total. The van der Waals surface area contributed by atoms with Crippen LogP contribution >= 0.6 is 27.5 Å². The summed E-state index contributed by atoms with van der Waals surface area (Å²) in [5, 5.41) is 0.535. The third kappa shape index (κ3) is 3.99. The van der Waals surface area contributed by atoms with Crippen molar-refractivity contribution in [1.82, 2.24) is 9.80 Å². The number of ether oxygens (including phenoxy) is 2. The molecule has 0 bridgehead atoms. The maximum atomic E-state index is 12.3. The molecule has 0 aliphatic carbocycles. The van der Waals surface area contributed by atoms with Crippen LogP contribution in [0.5, 0.6) is 5.75 Å². The maximum absolute atomic E-state index is 12.3. The minimum atomic E-state index is -0.501. The van der Waals surface area contributed by atoms with E-state index in [-0.39, 0.29) is 12.1 Å². The van der Waals surface area contributed by atoms with Crippen LogP contribution in [-0.4, -0.2) is 53.8 Å². The summed E-state index contributed by atoms with van der Waals surface area (Å²) in [4.78, 5) is 16.4. The molecule has 25 heavy (non-hydrogen) atoms. The number of amides is 1. The quantitative estimate of drug-likeness (QED) is 0.636. The largest absolute Gasteiger partial charge is 0.490 e. The van der Waals surface area contributed by atoms with Gasteiger partial charge >= 0.3 is 6.09 Å². The number of halogens is 2. The van der Waals surface area contributed by atoms with Crippen molar-refractivity contribution in [2.75, 3.05) is 32.0 Å². The number of carbonyl (C=O) groups is 1. The predicted molar refractivity (Wildman–Crippen MR) is 101 cm³/mol. The lowest BCUT2D eigenvalue weighted by Crippen LogP contribution is -2.56. The van der Waals surface area contributed by atoms with Crippen LogP contribution in [0.15, 0.2) is 10.5 Å². The summed E-state index contributed by atoms with van der Waals surface area (Å²) in [6.45, 7) is 8.62. The van der Waals surface area contributed by atoms with Crippen molar-refractivity contribution in [3.05, 3.63) is 21.1 Å². The van der Waals surface area contributed by atoms with Gasteiger partial charge in [0.1, 0.15) is 18.0 Å². The minimum absolute atomic E-state index is 0.0721. The van der Waals surface area contributed by atoms with Gasteiger partial charge in [-0.1, -0.05) is 11.6 Å². The van der Waals surface area contributed by atoms with Crippen LogP contribution in [0.25, 0.3) is 0 Å². The van der Waals surface area contributed by atoms with Crippen LogP contribution in [-0.2, 0) is 11.3 Å². The number of benzene rings is 1. The second kappa shape index (κ2) is 6.85. The first-order valence-electron chi connectivity index (χ1n) is 8.27. The van der Waals surface area contributed by atoms with E-state index in [4.69, 9.17) is 26.8 Å². The molecule has 0 radical (unpaired) electrons. The highest BCUT2D eigenvalue weighted by molar-refractivity contribution is 9.10. The molecule has 138 valence electrons. The lowest BCUT2D eigenvalue weighted by atomic mass is 10.1. The van der Waals surface area contributed by atoms with Gasteiger partial charge in [0.25, 0.3) is 0 Å². The minimum Gasteiger partial charge on any atom is -0.490 e. The van der Waals surface area contributed by atoms with E-state index in [1.807, 2.05) is 26.8 Å². The first-order valence-corrected chi connectivity index (χ1v) is 9.44. The molecular weight excluding hydrogens is 410 g/mol. The summed E-state index contributed by atoms with van der Waals surface area (Å²) in [5.74, 6) is 0.631. The molecule has 0 aromatic heterocycles. The van der Waals surface area contributed by atoms with E-state index in [2.05, 4.69) is 20.8 Å². The van der Waals surface area contributed by atoms with E-state index < -0.39 is 5.60 Å². The smallest absolute Gasteiger partial charge is 0.410 e. The Morgan fingerprint density at radius 3 is 2.84 bits per heavy atom. The second-order valence-electron chi connectivity index (χ2n) is 7.43. The molecule has 1 aromatic rings. The summed E-state index contributed by atoms with van der Waals surface area (Å²) in [6.07, 6.45) is -0.283. The third-order valence-corrected chi connectivity index (χ3v) is 5.58. The predicted octanol–water partition coefficient (Wildman–Crippen LogP) is 3.50. The Hall–Kier alpha value is -1.18. The number of piperazine rings is 1. The van der Waals surface area contributed by atoms with Crippen LogP contribution < -0.4 is 10.5 Å². The van der Waals surface area contributed by atoms with Crippen LogP contribution in [0.2, 0.25) is 5.02 Å². The first kappa shape index (κ1) is 18.6. The van der Waals surface area contributed by atoms with Crippen molar-refractivity contribution in [3.63, 3.8) is 0 Å². The molecule has 0 spiro atoms. The van der Waals surface area contributed by atoms with Crippen molar-refractivity contribution in [3.8, 4) is 5.75 Å². The van der Waals surface area contributed by atoms with Crippen LogP contribution in [0.3, 0.4) is 0 Å². The molecule has 1 fully saturated rings. The fourth-order valence-corrected chi connectivity index (χ4v) is 3.76. The molecule has 2 aliphatic rings. The molecule has 6 nitrogen and oxygen atoms in total. The van der Waals surface area contributed by atoms with Gasteiger partial charge in [-0.05, 0) is 42.8 Å². The standard InChI is InChI=1S/C17H23BrClN3O3/c1-17(2,3)25-16(23)22-5-4-21-8-11-13(20)6-12(18)14(19)15(11)24-9-10(21)7-22/h6,10H,4-5,7-9,20H2,1-3H3/t10-/m1/s1. The Balaban J connectivity index is 1.76. The Kier molecular flexibility index (Phi) is 5.10. The molecule has 1 aromatic carbocycles. The maximum Gasteiger partial charge on any atom is 0.410 e. The molecule has 2 heterocycles. The van der Waals surface area contributed by atoms with Gasteiger partial charge in [-0.3, -0.25) is 4.90 Å². The van der Waals surface area contributed by atoms with Crippen molar-refractivity contribution in [2.45, 2.75) is 39.0 Å². The molecular formula is C17H23BrClN3O3. The molecule has 3 rings (SSSR count). The number of nitrogen functional groups attached to an aromatic ring is 1. The number of hydrogen-bond donors (Lipinski definition) is 1. The highest BCUT2D eigenvalue weighted by Gasteiger charge is 2.35.